The number of nitrogens with one attached hydrogen (secondary N) is 2. The molecule has 4 aromatic heterocycles. The van der Waals surface area contributed by atoms with Gasteiger partial charge in [-0.1, -0.05) is 37.0 Å². The van der Waals surface area contributed by atoms with Crippen LogP contribution in [0.2, 0.25) is 0 Å². The van der Waals surface area contributed by atoms with Crippen LogP contribution in [0.5, 0.6) is 0 Å². The maximum absolute atomic E-state index is 12.8. The largest absolute Gasteiger partial charge is 0.461 e. The number of anilines is 2. The minimum Gasteiger partial charge on any atom is -0.461 e. The van der Waals surface area contributed by atoms with Crippen molar-refractivity contribution in [3.63, 3.8) is 0 Å². The Hall–Kier alpha value is -4.21. The highest BCUT2D eigenvalue weighted by molar-refractivity contribution is 6.00. The summed E-state index contributed by atoms with van der Waals surface area (Å²) in [5, 5.41) is 15.7. The number of hydrogen-bond acceptors (Lipinski definition) is 6. The van der Waals surface area contributed by atoms with E-state index in [0.29, 0.717) is 34.5 Å². The van der Waals surface area contributed by atoms with Crippen molar-refractivity contribution in [3.05, 3.63) is 54.4 Å². The summed E-state index contributed by atoms with van der Waals surface area (Å²) in [4.78, 5) is 22.1. The molecule has 2 amide bonds. The van der Waals surface area contributed by atoms with E-state index >= 15 is 0 Å². The van der Waals surface area contributed by atoms with Crippen molar-refractivity contribution in [2.45, 2.75) is 45.6 Å². The lowest BCUT2D eigenvalue weighted by molar-refractivity contribution is 0.262. The van der Waals surface area contributed by atoms with Crippen molar-refractivity contribution < 1.29 is 9.21 Å². The molecule has 0 saturated heterocycles. The first-order valence-corrected chi connectivity index (χ1v) is 11.9. The smallest absolute Gasteiger partial charge is 0.326 e. The molecule has 1 fully saturated rings. The van der Waals surface area contributed by atoms with Gasteiger partial charge in [-0.25, -0.2) is 9.78 Å². The summed E-state index contributed by atoms with van der Waals surface area (Å²) in [7, 11) is 0. The monoisotopic (exact) mass is 470 g/mol. The van der Waals surface area contributed by atoms with Crippen molar-refractivity contribution in [2.75, 3.05) is 10.6 Å². The normalized spacial score (nSPS) is 14.5. The SMILES string of the molecule is Cc1ccc(NC(=O)Nc2nc3nn(CC4CCCCC4)cc3c3nc(-c4ccco4)nn23)cc1. The van der Waals surface area contributed by atoms with E-state index in [0.717, 1.165) is 17.5 Å². The summed E-state index contributed by atoms with van der Waals surface area (Å²) < 4.78 is 8.98. The molecule has 2 N–H and O–H groups in total. The number of carbonyl (C=O) groups excluding carboxylic acids is 1. The highest BCUT2D eigenvalue weighted by atomic mass is 16.3. The first-order chi connectivity index (χ1) is 17.1. The molecule has 35 heavy (non-hydrogen) atoms. The Balaban J connectivity index is 1.37. The molecule has 1 aliphatic carbocycles. The van der Waals surface area contributed by atoms with Gasteiger partial charge in [-0.3, -0.25) is 10.00 Å². The Labute approximate surface area is 201 Å². The van der Waals surface area contributed by atoms with E-state index < -0.39 is 6.03 Å². The van der Waals surface area contributed by atoms with Crippen molar-refractivity contribution >= 4 is 34.3 Å². The van der Waals surface area contributed by atoms with Crippen LogP contribution in [0, 0.1) is 12.8 Å². The highest BCUT2D eigenvalue weighted by Crippen LogP contribution is 2.27. The van der Waals surface area contributed by atoms with E-state index in [4.69, 9.17) is 14.5 Å². The molecular weight excluding hydrogens is 444 g/mol. The molecular formula is C25H26N8O2. The standard InChI is InChI=1S/C25H26N8O2/c1-16-9-11-18(12-10-16)26-25(34)29-24-28-21-19(15-32(30-21)14-17-6-3-2-4-7-17)23-27-22(31-33(23)24)20-8-5-13-35-20/h5,8-13,15,17H,2-4,6-7,14H2,1H3,(H2,26,28,29,30,34). The molecule has 5 aromatic rings. The number of aromatic nitrogens is 6. The molecule has 0 radical (unpaired) electrons. The van der Waals surface area contributed by atoms with Crippen molar-refractivity contribution in [2.24, 2.45) is 5.92 Å². The predicted octanol–water partition coefficient (Wildman–Crippen LogP) is 5.27. The molecule has 10 nitrogen and oxygen atoms in total. The van der Waals surface area contributed by atoms with Gasteiger partial charge in [0, 0.05) is 18.4 Å². The van der Waals surface area contributed by atoms with Crippen molar-refractivity contribution in [3.8, 4) is 11.6 Å². The number of nitrogens with zero attached hydrogens (tertiary/aromatic N) is 6. The van der Waals surface area contributed by atoms with Crippen molar-refractivity contribution in [1.82, 2.24) is 29.4 Å². The Morgan fingerprint density at radius 3 is 2.66 bits per heavy atom. The first kappa shape index (κ1) is 21.3. The quantitative estimate of drug-likeness (QED) is 0.362. The number of rotatable bonds is 5. The molecule has 6 rings (SSSR count). The van der Waals surface area contributed by atoms with E-state index in [1.54, 1.807) is 18.4 Å². The van der Waals surface area contributed by atoms with E-state index in [2.05, 4.69) is 20.7 Å². The van der Waals surface area contributed by atoms with Gasteiger partial charge in [0.1, 0.15) is 0 Å². The minimum absolute atomic E-state index is 0.227. The van der Waals surface area contributed by atoms with Crippen LogP contribution in [-0.2, 0) is 6.54 Å². The average molecular weight is 471 g/mol. The molecule has 1 saturated carbocycles. The van der Waals surface area contributed by atoms with Crippen LogP contribution < -0.4 is 10.6 Å². The van der Waals surface area contributed by atoms with Crippen LogP contribution in [0.1, 0.15) is 37.7 Å². The fourth-order valence-electron chi connectivity index (χ4n) is 4.65. The van der Waals surface area contributed by atoms with Gasteiger partial charge in [-0.2, -0.15) is 14.6 Å². The second-order valence-corrected chi connectivity index (χ2v) is 9.12. The van der Waals surface area contributed by atoms with Crippen LogP contribution in [0.3, 0.4) is 0 Å². The zero-order valence-electron chi connectivity index (χ0n) is 19.4. The molecule has 0 aliphatic heterocycles. The molecule has 0 spiro atoms. The maximum atomic E-state index is 12.8. The topological polar surface area (TPSA) is 115 Å². The van der Waals surface area contributed by atoms with Gasteiger partial charge < -0.3 is 9.73 Å². The molecule has 10 heteroatoms. The lowest BCUT2D eigenvalue weighted by atomic mass is 9.89. The first-order valence-electron chi connectivity index (χ1n) is 11.9. The number of furan rings is 1. The number of benzene rings is 1. The summed E-state index contributed by atoms with van der Waals surface area (Å²) in [5.74, 6) is 1.78. The van der Waals surface area contributed by atoms with Gasteiger partial charge in [-0.15, -0.1) is 5.10 Å². The molecule has 0 atom stereocenters. The lowest BCUT2D eigenvalue weighted by Gasteiger charge is -2.21. The second-order valence-electron chi connectivity index (χ2n) is 9.12. The van der Waals surface area contributed by atoms with Crippen LogP contribution in [0.25, 0.3) is 28.3 Å². The molecule has 0 unspecified atom stereocenters. The molecule has 0 bridgehead atoms. The zero-order chi connectivity index (χ0) is 23.8. The third kappa shape index (κ3) is 4.34. The Kier molecular flexibility index (Phi) is 5.40. The molecule has 4 heterocycles. The molecule has 1 aliphatic rings. The number of fused-ring (bicyclic) bond motifs is 3. The van der Waals surface area contributed by atoms with E-state index in [-0.39, 0.29) is 5.95 Å². The van der Waals surface area contributed by atoms with Crippen LogP contribution in [0.15, 0.2) is 53.3 Å². The average Bonchev–Trinajstić information content (AvgIpc) is 3.60. The fourth-order valence-corrected chi connectivity index (χ4v) is 4.65. The number of urea groups is 1. The van der Waals surface area contributed by atoms with E-state index in [9.17, 15) is 4.79 Å². The Morgan fingerprint density at radius 1 is 1.06 bits per heavy atom. The summed E-state index contributed by atoms with van der Waals surface area (Å²) in [6.45, 7) is 2.84. The zero-order valence-corrected chi connectivity index (χ0v) is 19.4. The lowest BCUT2D eigenvalue weighted by Crippen LogP contribution is -2.22. The van der Waals surface area contributed by atoms with Crippen LogP contribution in [-0.4, -0.2) is 35.4 Å². The Bertz CT molecular complexity index is 1480. The summed E-state index contributed by atoms with van der Waals surface area (Å²) in [6.07, 6.45) is 9.85. The third-order valence-corrected chi connectivity index (χ3v) is 6.45. The van der Waals surface area contributed by atoms with E-state index in [1.165, 1.54) is 36.6 Å². The van der Waals surface area contributed by atoms with E-state index in [1.807, 2.05) is 42.1 Å². The number of aryl methyl sites for hydroxylation is 1. The van der Waals surface area contributed by atoms with Gasteiger partial charge >= 0.3 is 6.03 Å². The maximum Gasteiger partial charge on any atom is 0.326 e. The van der Waals surface area contributed by atoms with Crippen molar-refractivity contribution in [1.29, 1.82) is 0 Å². The third-order valence-electron chi connectivity index (χ3n) is 6.45. The number of carbonyl (C=O) groups is 1. The minimum atomic E-state index is -0.432. The van der Waals surface area contributed by atoms with Gasteiger partial charge in [0.05, 0.1) is 11.6 Å². The van der Waals surface area contributed by atoms with Gasteiger partial charge in [0.25, 0.3) is 0 Å². The predicted molar refractivity (Wildman–Crippen MR) is 132 cm³/mol. The molecule has 178 valence electrons. The number of hydrogen-bond donors (Lipinski definition) is 2. The van der Waals surface area contributed by atoms with Gasteiger partial charge in [0.15, 0.2) is 17.1 Å². The summed E-state index contributed by atoms with van der Waals surface area (Å²) >= 11 is 0. The Morgan fingerprint density at radius 2 is 1.89 bits per heavy atom. The fraction of sp³-hybridized carbons (Fsp3) is 0.320. The summed E-state index contributed by atoms with van der Waals surface area (Å²) in [6, 6.07) is 10.7. The van der Waals surface area contributed by atoms with Crippen LogP contribution in [0.4, 0.5) is 16.4 Å². The van der Waals surface area contributed by atoms with Gasteiger partial charge in [0.2, 0.25) is 11.8 Å². The van der Waals surface area contributed by atoms with Gasteiger partial charge in [-0.05, 0) is 49.9 Å². The number of amides is 2. The highest BCUT2D eigenvalue weighted by Gasteiger charge is 2.21. The molecule has 1 aromatic carbocycles. The summed E-state index contributed by atoms with van der Waals surface area (Å²) in [5.41, 5.74) is 2.86. The second kappa shape index (κ2) is 8.86. The van der Waals surface area contributed by atoms with Crippen LogP contribution >= 0.6 is 0 Å².